The number of hydrogen-bond acceptors (Lipinski definition) is 9. The van der Waals surface area contributed by atoms with Crippen LogP contribution in [0, 0.1) is 0 Å². The topological polar surface area (TPSA) is 180 Å². The van der Waals surface area contributed by atoms with Gasteiger partial charge in [0.15, 0.2) is 0 Å². The summed E-state index contributed by atoms with van der Waals surface area (Å²) in [7, 11) is -2.92. The maximum atomic E-state index is 14.2. The third-order valence-electron chi connectivity index (χ3n) is 8.62. The molecule has 6 aromatic rings. The minimum absolute atomic E-state index is 0.0222. The Labute approximate surface area is 305 Å². The molecular weight excluding hydrogens is 701 g/mol. The molecule has 6 rings (SSSR count). The van der Waals surface area contributed by atoms with Crippen molar-refractivity contribution in [1.29, 1.82) is 0 Å². The van der Waals surface area contributed by atoms with E-state index in [0.29, 0.717) is 26.8 Å². The van der Waals surface area contributed by atoms with Gasteiger partial charge in [-0.2, -0.15) is 4.31 Å². The number of aliphatic hydroxyl groups is 1. The molecule has 0 saturated carbocycles. The number of nitrogen functional groups attached to an aromatic ring is 1. The second-order valence-electron chi connectivity index (χ2n) is 12.0. The first kappa shape index (κ1) is 36.3. The number of benzene rings is 3. The van der Waals surface area contributed by atoms with Crippen molar-refractivity contribution in [2.45, 2.75) is 36.0 Å². The van der Waals surface area contributed by atoms with Crippen LogP contribution in [0.2, 0.25) is 0 Å². The van der Waals surface area contributed by atoms with Gasteiger partial charge in [-0.25, -0.2) is 18.2 Å². The molecule has 3 aromatic carbocycles. The number of methoxy groups -OCH3 is 1. The number of amides is 2. The van der Waals surface area contributed by atoms with Crippen molar-refractivity contribution in [3.63, 3.8) is 0 Å². The summed E-state index contributed by atoms with van der Waals surface area (Å²) in [6, 6.07) is 31.7. The zero-order chi connectivity index (χ0) is 36.7. The van der Waals surface area contributed by atoms with E-state index in [0.717, 1.165) is 16.5 Å². The number of pyridine rings is 1. The van der Waals surface area contributed by atoms with Crippen molar-refractivity contribution in [1.82, 2.24) is 24.9 Å². The molecule has 6 N–H and O–H groups in total. The summed E-state index contributed by atoms with van der Waals surface area (Å²) < 4.78 is 34.5. The van der Waals surface area contributed by atoms with E-state index < -0.39 is 46.6 Å². The number of H-pyrrole nitrogens is 1. The fraction of sp³-hybridized carbons (Fsp3) is 0.184. The maximum absolute atomic E-state index is 14.2. The number of aromatic nitrogens is 2. The predicted molar refractivity (Wildman–Crippen MR) is 200 cm³/mol. The molecule has 14 heteroatoms. The largest absolute Gasteiger partial charge is 0.453 e. The third kappa shape index (κ3) is 8.16. The number of aliphatic hydroxyl groups excluding tert-OH is 1. The van der Waals surface area contributed by atoms with Gasteiger partial charge in [-0.15, -0.1) is 11.3 Å². The van der Waals surface area contributed by atoms with Crippen LogP contribution in [0.3, 0.4) is 0 Å². The molecule has 0 aliphatic heterocycles. The quantitative estimate of drug-likeness (QED) is 0.0934. The van der Waals surface area contributed by atoms with Gasteiger partial charge in [0.1, 0.15) is 11.7 Å². The maximum Gasteiger partial charge on any atom is 0.407 e. The Kier molecular flexibility index (Phi) is 11.3. The summed E-state index contributed by atoms with van der Waals surface area (Å²) in [5.74, 6) is -0.983. The number of anilines is 1. The number of nitrogens with zero attached hydrogens (tertiary/aromatic N) is 2. The van der Waals surface area contributed by atoms with E-state index in [9.17, 15) is 23.1 Å². The second-order valence-corrected chi connectivity index (χ2v) is 15.1. The summed E-state index contributed by atoms with van der Waals surface area (Å²) >= 11 is 1.26. The Hall–Kier alpha value is -5.54. The summed E-state index contributed by atoms with van der Waals surface area (Å²) in [4.78, 5) is 35.3. The number of carbonyl (C=O) groups is 2. The van der Waals surface area contributed by atoms with Crippen molar-refractivity contribution >= 4 is 50.1 Å². The number of ether oxygens (including phenoxy) is 1. The minimum atomic E-state index is -4.15. The number of alkyl carbamates (subject to hydrolysis) is 1. The molecule has 12 nitrogen and oxygen atoms in total. The van der Waals surface area contributed by atoms with Crippen LogP contribution in [0.15, 0.2) is 126 Å². The van der Waals surface area contributed by atoms with E-state index in [-0.39, 0.29) is 18.0 Å². The van der Waals surface area contributed by atoms with Crippen molar-refractivity contribution in [3.05, 3.63) is 148 Å². The smallest absolute Gasteiger partial charge is 0.407 e. The molecule has 0 fully saturated rings. The average molecular weight is 739 g/mol. The van der Waals surface area contributed by atoms with Gasteiger partial charge in [-0.3, -0.25) is 4.79 Å². The summed E-state index contributed by atoms with van der Waals surface area (Å²) in [6.45, 7) is -0.519. The summed E-state index contributed by atoms with van der Waals surface area (Å²) in [5.41, 5.74) is 9.11. The number of thiophene rings is 1. The van der Waals surface area contributed by atoms with Gasteiger partial charge in [0.25, 0.3) is 0 Å². The minimum Gasteiger partial charge on any atom is -0.453 e. The monoisotopic (exact) mass is 738 g/mol. The van der Waals surface area contributed by atoms with E-state index in [2.05, 4.69) is 20.6 Å². The molecule has 2 amide bonds. The number of aromatic amines is 1. The first-order valence-electron chi connectivity index (χ1n) is 16.4. The van der Waals surface area contributed by atoms with Crippen LogP contribution in [0.4, 0.5) is 10.5 Å². The highest BCUT2D eigenvalue weighted by Crippen LogP contribution is 2.34. The molecule has 0 aliphatic rings. The standard InChI is InChI=1S/C38H38N6O6S2/c1-50-38(47)43-35(34(25-9-4-2-5-10-25)26-11-6-3-7-12-26)37(46)41-22-30-16-19-33(51-30)32(24-45)44(52(48,49)31-17-14-28(39)15-18-31)23-29-21-27-13-8-20-40-36(27)42-29/h2-21,32,34-35,45H,22-24,39H2,1H3,(H,40,42)(H,41,46)(H,43,47). The summed E-state index contributed by atoms with van der Waals surface area (Å²) in [6.07, 6.45) is 0.889. The number of hydrogen-bond donors (Lipinski definition) is 5. The van der Waals surface area contributed by atoms with Gasteiger partial charge >= 0.3 is 6.09 Å². The lowest BCUT2D eigenvalue weighted by Crippen LogP contribution is -2.50. The number of sulfonamides is 1. The Morgan fingerprint density at radius 1 is 0.942 bits per heavy atom. The lowest BCUT2D eigenvalue weighted by molar-refractivity contribution is -0.123. The van der Waals surface area contributed by atoms with Gasteiger partial charge in [0.05, 0.1) is 37.7 Å². The molecule has 52 heavy (non-hydrogen) atoms. The van der Waals surface area contributed by atoms with Gasteiger partial charge in [-0.1, -0.05) is 60.7 Å². The highest BCUT2D eigenvalue weighted by Gasteiger charge is 2.35. The lowest BCUT2D eigenvalue weighted by atomic mass is 9.84. The van der Waals surface area contributed by atoms with Crippen LogP contribution in [-0.4, -0.2) is 59.6 Å². The molecule has 3 aromatic heterocycles. The first-order chi connectivity index (χ1) is 25.2. The summed E-state index contributed by atoms with van der Waals surface area (Å²) in [5, 5.41) is 17.2. The van der Waals surface area contributed by atoms with Crippen LogP contribution in [-0.2, 0) is 32.6 Å². The molecule has 0 radical (unpaired) electrons. The lowest BCUT2D eigenvalue weighted by Gasteiger charge is -2.29. The van der Waals surface area contributed by atoms with Crippen LogP contribution in [0.1, 0.15) is 38.5 Å². The van der Waals surface area contributed by atoms with E-state index in [1.807, 2.05) is 72.8 Å². The van der Waals surface area contributed by atoms with Gasteiger partial charge in [0.2, 0.25) is 15.9 Å². The average Bonchev–Trinajstić information content (AvgIpc) is 3.81. The number of fused-ring (bicyclic) bond motifs is 1. The Morgan fingerprint density at radius 2 is 1.62 bits per heavy atom. The molecule has 0 spiro atoms. The van der Waals surface area contributed by atoms with Crippen LogP contribution in [0.5, 0.6) is 0 Å². The van der Waals surface area contributed by atoms with Crippen molar-refractivity contribution < 1.29 is 27.9 Å². The van der Waals surface area contributed by atoms with Crippen LogP contribution < -0.4 is 16.4 Å². The number of rotatable bonds is 14. The number of carbonyl (C=O) groups excluding carboxylic acids is 2. The fourth-order valence-corrected chi connectivity index (χ4v) is 8.76. The van der Waals surface area contributed by atoms with Crippen molar-refractivity contribution in [3.8, 4) is 0 Å². The SMILES string of the molecule is COC(=O)NC(C(=O)NCc1ccc(C(CO)N(Cc2cc3cccnc3[nH]2)S(=O)(=O)c2ccc(N)cc2)s1)C(c1ccccc1)c1ccccc1. The Bertz CT molecular complexity index is 2150. The molecule has 0 saturated heterocycles. The van der Waals surface area contributed by atoms with Gasteiger partial charge in [-0.05, 0) is 65.7 Å². The molecule has 0 aliphatic carbocycles. The molecule has 2 atom stereocenters. The number of nitrogens with two attached hydrogens (primary N) is 1. The molecule has 0 bridgehead atoms. The van der Waals surface area contributed by atoms with E-state index in [1.165, 1.54) is 47.0 Å². The van der Waals surface area contributed by atoms with Crippen LogP contribution >= 0.6 is 11.3 Å². The zero-order valence-electron chi connectivity index (χ0n) is 28.2. The first-order valence-corrected chi connectivity index (χ1v) is 18.6. The number of nitrogens with one attached hydrogen (secondary N) is 3. The van der Waals surface area contributed by atoms with Gasteiger partial charge in [0, 0.05) is 38.6 Å². The van der Waals surface area contributed by atoms with E-state index in [4.69, 9.17) is 10.5 Å². The van der Waals surface area contributed by atoms with E-state index >= 15 is 0 Å². The normalized spacial score (nSPS) is 12.8. The molecule has 268 valence electrons. The highest BCUT2D eigenvalue weighted by molar-refractivity contribution is 7.89. The third-order valence-corrected chi connectivity index (χ3v) is 11.7. The van der Waals surface area contributed by atoms with Gasteiger partial charge < -0.3 is 31.2 Å². The fourth-order valence-electron chi connectivity index (χ4n) is 6.07. The molecule has 2 unspecified atom stereocenters. The molecular formula is C38H38N6O6S2. The Morgan fingerprint density at radius 3 is 2.23 bits per heavy atom. The van der Waals surface area contributed by atoms with Crippen molar-refractivity contribution in [2.75, 3.05) is 19.5 Å². The highest BCUT2D eigenvalue weighted by atomic mass is 32.2. The Balaban J connectivity index is 1.27. The zero-order valence-corrected chi connectivity index (χ0v) is 29.8. The molecule has 3 heterocycles. The second kappa shape index (κ2) is 16.2. The predicted octanol–water partition coefficient (Wildman–Crippen LogP) is 5.30. The van der Waals surface area contributed by atoms with Crippen molar-refractivity contribution in [2.24, 2.45) is 0 Å². The van der Waals surface area contributed by atoms with E-state index in [1.54, 1.807) is 24.4 Å². The van der Waals surface area contributed by atoms with Crippen LogP contribution in [0.25, 0.3) is 11.0 Å².